The lowest BCUT2D eigenvalue weighted by Crippen LogP contribution is -2.30. The Morgan fingerprint density at radius 3 is 2.73 bits per heavy atom. The zero-order chi connectivity index (χ0) is 11.5. The molecule has 0 heterocycles. The zero-order valence-electron chi connectivity index (χ0n) is 9.23. The predicted molar refractivity (Wildman–Crippen MR) is 53.3 cm³/mol. The molecule has 0 aliphatic heterocycles. The Kier molecular flexibility index (Phi) is 9.40. The summed E-state index contributed by atoms with van der Waals surface area (Å²) in [7, 11) is 1.54. The molecule has 0 aromatic heterocycles. The summed E-state index contributed by atoms with van der Waals surface area (Å²) in [4.78, 5) is 10.8. The second kappa shape index (κ2) is 9.85. The number of hydrogen-bond acceptors (Lipinski definition) is 6. The van der Waals surface area contributed by atoms with Crippen molar-refractivity contribution in [1.29, 1.82) is 0 Å². The van der Waals surface area contributed by atoms with Crippen molar-refractivity contribution in [3.8, 4) is 0 Å². The Morgan fingerprint density at radius 2 is 2.13 bits per heavy atom. The Hall–Kier alpha value is -0.690. The van der Waals surface area contributed by atoms with Crippen molar-refractivity contribution in [2.45, 2.75) is 13.2 Å². The highest BCUT2D eigenvalue weighted by atomic mass is 16.6. The smallest absolute Gasteiger partial charge is 0.332 e. The van der Waals surface area contributed by atoms with E-state index in [1.807, 2.05) is 0 Å². The maximum atomic E-state index is 10.8. The van der Waals surface area contributed by atoms with Gasteiger partial charge in [0.1, 0.15) is 12.8 Å². The first-order chi connectivity index (χ1) is 7.20. The number of esters is 1. The lowest BCUT2D eigenvalue weighted by atomic mass is 10.6. The molecule has 0 aromatic rings. The van der Waals surface area contributed by atoms with Crippen LogP contribution in [0.2, 0.25) is 0 Å². The Labute approximate surface area is 89.6 Å². The van der Waals surface area contributed by atoms with Gasteiger partial charge in [0.15, 0.2) is 0 Å². The van der Waals surface area contributed by atoms with Gasteiger partial charge >= 0.3 is 5.97 Å². The number of ether oxygens (including phenoxy) is 4. The fourth-order valence-electron chi connectivity index (χ4n) is 0.829. The third kappa shape index (κ3) is 9.61. The molecule has 1 unspecified atom stereocenters. The van der Waals surface area contributed by atoms with Crippen LogP contribution in [-0.2, 0) is 23.7 Å². The molecule has 0 amide bonds. The molecule has 90 valence electrons. The van der Waals surface area contributed by atoms with E-state index in [9.17, 15) is 4.79 Å². The summed E-state index contributed by atoms with van der Waals surface area (Å²) in [5, 5.41) is 0. The number of nitrogens with two attached hydrogens (primary N) is 1. The van der Waals surface area contributed by atoms with Gasteiger partial charge in [-0.1, -0.05) is 0 Å². The van der Waals surface area contributed by atoms with E-state index in [0.29, 0.717) is 26.4 Å². The predicted octanol–water partition coefficient (Wildman–Crippen LogP) is -0.486. The van der Waals surface area contributed by atoms with Gasteiger partial charge in [-0.2, -0.15) is 0 Å². The van der Waals surface area contributed by atoms with Crippen molar-refractivity contribution < 1.29 is 23.7 Å². The lowest BCUT2D eigenvalue weighted by Gasteiger charge is -2.11. The van der Waals surface area contributed by atoms with Crippen molar-refractivity contribution in [2.24, 2.45) is 5.73 Å². The number of methoxy groups -OCH3 is 1. The van der Waals surface area contributed by atoms with Gasteiger partial charge in [-0.25, -0.2) is 4.79 Å². The van der Waals surface area contributed by atoms with Gasteiger partial charge in [0, 0.05) is 7.11 Å². The molecule has 0 aromatic carbocycles. The highest BCUT2D eigenvalue weighted by molar-refractivity contribution is 5.70. The van der Waals surface area contributed by atoms with Gasteiger partial charge in [-0.3, -0.25) is 0 Å². The van der Waals surface area contributed by atoms with E-state index in [1.165, 1.54) is 0 Å². The first-order valence-electron chi connectivity index (χ1n) is 4.80. The molecule has 0 radical (unpaired) electrons. The second-order valence-electron chi connectivity index (χ2n) is 2.72. The Morgan fingerprint density at radius 1 is 1.40 bits per heavy atom. The van der Waals surface area contributed by atoms with Crippen molar-refractivity contribution in [1.82, 2.24) is 0 Å². The molecule has 2 N–H and O–H groups in total. The first kappa shape index (κ1) is 14.3. The molecule has 1 atom stereocenters. The third-order valence-electron chi connectivity index (χ3n) is 1.42. The summed E-state index contributed by atoms with van der Waals surface area (Å²) in [5.74, 6) is -0.376. The third-order valence-corrected chi connectivity index (χ3v) is 1.42. The minimum absolute atomic E-state index is 0.0588. The van der Waals surface area contributed by atoms with E-state index < -0.39 is 6.23 Å². The van der Waals surface area contributed by atoms with Gasteiger partial charge < -0.3 is 24.7 Å². The number of hydrogen-bond donors (Lipinski definition) is 1. The van der Waals surface area contributed by atoms with Crippen molar-refractivity contribution in [2.75, 3.05) is 40.1 Å². The van der Waals surface area contributed by atoms with E-state index in [0.717, 1.165) is 0 Å². The summed E-state index contributed by atoms with van der Waals surface area (Å²) in [5.41, 5.74) is 5.48. The van der Waals surface area contributed by atoms with Crippen LogP contribution < -0.4 is 5.73 Å². The fraction of sp³-hybridized carbons (Fsp3) is 0.889. The van der Waals surface area contributed by atoms with Crippen LogP contribution in [0.1, 0.15) is 6.92 Å². The summed E-state index contributed by atoms with van der Waals surface area (Å²) in [6.07, 6.45) is -0.457. The topological polar surface area (TPSA) is 80.0 Å². The summed E-state index contributed by atoms with van der Waals surface area (Å²) in [6, 6.07) is 0. The largest absolute Gasteiger partial charge is 0.464 e. The lowest BCUT2D eigenvalue weighted by molar-refractivity contribution is -0.149. The van der Waals surface area contributed by atoms with Crippen molar-refractivity contribution >= 4 is 5.97 Å². The van der Waals surface area contributed by atoms with Crippen molar-refractivity contribution in [3.63, 3.8) is 0 Å². The van der Waals surface area contributed by atoms with E-state index in [4.69, 9.17) is 19.9 Å². The van der Waals surface area contributed by atoms with Crippen LogP contribution in [0.4, 0.5) is 0 Å². The van der Waals surface area contributed by atoms with E-state index in [2.05, 4.69) is 4.74 Å². The van der Waals surface area contributed by atoms with Gasteiger partial charge in [0.2, 0.25) is 0 Å². The van der Waals surface area contributed by atoms with Crippen LogP contribution in [0.3, 0.4) is 0 Å². The number of rotatable bonds is 9. The molecular formula is C9H19NO5. The summed E-state index contributed by atoms with van der Waals surface area (Å²) in [6.45, 7) is 3.00. The molecule has 0 rings (SSSR count). The van der Waals surface area contributed by atoms with E-state index in [-0.39, 0.29) is 12.6 Å². The first-order valence-corrected chi connectivity index (χ1v) is 4.80. The van der Waals surface area contributed by atoms with Gasteiger partial charge in [-0.15, -0.1) is 0 Å². The molecule has 0 fully saturated rings. The summed E-state index contributed by atoms with van der Waals surface area (Å²) >= 11 is 0. The molecule has 0 aliphatic rings. The molecule has 0 aliphatic carbocycles. The van der Waals surface area contributed by atoms with Crippen molar-refractivity contribution in [3.05, 3.63) is 0 Å². The van der Waals surface area contributed by atoms with Crippen LogP contribution >= 0.6 is 0 Å². The Balaban J connectivity index is 3.20. The quantitative estimate of drug-likeness (QED) is 0.321. The van der Waals surface area contributed by atoms with E-state index in [1.54, 1.807) is 14.0 Å². The van der Waals surface area contributed by atoms with E-state index >= 15 is 0 Å². The highest BCUT2D eigenvalue weighted by Crippen LogP contribution is 1.86. The second-order valence-corrected chi connectivity index (χ2v) is 2.72. The zero-order valence-corrected chi connectivity index (χ0v) is 9.23. The standard InChI is InChI=1S/C9H19NO5/c1-3-14-9(11)7-13-4-5-15-8(10)6-12-2/h8H,3-7,10H2,1-2H3. The molecule has 15 heavy (non-hydrogen) atoms. The molecule has 0 saturated heterocycles. The molecule has 6 heteroatoms. The number of carbonyl (C=O) groups is 1. The molecule has 0 spiro atoms. The van der Waals surface area contributed by atoms with Crippen LogP contribution in [0.15, 0.2) is 0 Å². The average molecular weight is 221 g/mol. The molecule has 0 saturated carbocycles. The summed E-state index contributed by atoms with van der Waals surface area (Å²) < 4.78 is 19.5. The van der Waals surface area contributed by atoms with Crippen LogP contribution in [0, 0.1) is 0 Å². The van der Waals surface area contributed by atoms with Gasteiger partial charge in [-0.05, 0) is 6.92 Å². The monoisotopic (exact) mass is 221 g/mol. The average Bonchev–Trinajstić information content (AvgIpc) is 2.18. The maximum absolute atomic E-state index is 10.8. The van der Waals surface area contributed by atoms with Crippen LogP contribution in [-0.4, -0.2) is 52.3 Å². The van der Waals surface area contributed by atoms with Crippen LogP contribution in [0.25, 0.3) is 0 Å². The fourth-order valence-corrected chi connectivity index (χ4v) is 0.829. The van der Waals surface area contributed by atoms with Gasteiger partial charge in [0.05, 0.1) is 26.4 Å². The highest BCUT2D eigenvalue weighted by Gasteiger charge is 2.03. The SMILES string of the molecule is CCOC(=O)COCCOC(N)COC. The minimum atomic E-state index is -0.457. The molecule has 0 bridgehead atoms. The minimum Gasteiger partial charge on any atom is -0.464 e. The number of carbonyl (C=O) groups excluding carboxylic acids is 1. The van der Waals surface area contributed by atoms with Gasteiger partial charge in [0.25, 0.3) is 0 Å². The Bertz CT molecular complexity index is 165. The molecule has 6 nitrogen and oxygen atoms in total. The van der Waals surface area contributed by atoms with Crippen LogP contribution in [0.5, 0.6) is 0 Å². The maximum Gasteiger partial charge on any atom is 0.332 e. The molecular weight excluding hydrogens is 202 g/mol. The normalized spacial score (nSPS) is 12.5.